The molecule has 448 valence electrons. The van der Waals surface area contributed by atoms with E-state index in [1.54, 1.807) is 0 Å². The molecule has 0 aromatic carbocycles. The van der Waals surface area contributed by atoms with Gasteiger partial charge in [0.1, 0.15) is 36.1 Å². The van der Waals surface area contributed by atoms with Crippen LogP contribution in [0.1, 0.15) is 63.8 Å². The summed E-state index contributed by atoms with van der Waals surface area (Å²) in [6.45, 7) is -0.642. The average Bonchev–Trinajstić information content (AvgIpc) is 3.75. The lowest BCUT2D eigenvalue weighted by atomic mass is 10.1. The summed E-state index contributed by atoms with van der Waals surface area (Å²) in [6, 6.07) is 2.40. The molecule has 2 amide bonds. The normalized spacial score (nSPS) is 24.6. The minimum absolute atomic E-state index is 0.147. The lowest BCUT2D eigenvalue weighted by molar-refractivity contribution is -0.0561. The number of nitrogens with one attached hydrogen (secondary N) is 2. The standard InChI is InChI=1S/2C16H30N5O15P3/c17-6-3-1-2-4-7-19-16(24)34-13-10(9-32-38(28,29)36-39(30,31)35-37(25,26)27)33-14(12(13)22)21-8-5-11(18)20-15(21)23;17-6-3-1-2-4-7-19-16(24)34-13-12(22)10(33-14(13)21-8-5-11(18)20-15(21)23)9-32-38(28,29)36-39(30,31)35-37(25,26)27/h2*5,8,10,12-14,22H,1-4,6-7,9,17H2,(H,19,24)(H,28,29)(H,30,31)(H2,18,20,23)(H2,25,26,27). The van der Waals surface area contributed by atoms with Gasteiger partial charge in [0.05, 0.1) is 13.2 Å². The van der Waals surface area contributed by atoms with Gasteiger partial charge in [-0.1, -0.05) is 25.7 Å². The molecule has 40 nitrogen and oxygen atoms in total. The molecule has 2 aliphatic rings. The summed E-state index contributed by atoms with van der Waals surface area (Å²) in [5.74, 6) is -0.296. The zero-order valence-electron chi connectivity index (χ0n) is 40.2. The fourth-order valence-corrected chi connectivity index (χ4v) is 12.6. The molecule has 12 unspecified atom stereocenters. The number of carbonyl (C=O) groups excluding carboxylic acids is 2. The van der Waals surface area contributed by atoms with Crippen molar-refractivity contribution >= 4 is 70.8 Å². The van der Waals surface area contributed by atoms with Gasteiger partial charge in [-0.05, 0) is 50.9 Å². The average molecular weight is 1250 g/mol. The number of hydrogen-bond acceptors (Lipinski definition) is 28. The van der Waals surface area contributed by atoms with Crippen molar-refractivity contribution in [2.45, 2.75) is 100 Å². The zero-order valence-corrected chi connectivity index (χ0v) is 45.6. The second kappa shape index (κ2) is 30.5. The van der Waals surface area contributed by atoms with E-state index in [0.29, 0.717) is 25.9 Å². The van der Waals surface area contributed by atoms with Crippen molar-refractivity contribution in [3.8, 4) is 0 Å². The number of amides is 2. The highest BCUT2D eigenvalue weighted by Gasteiger charge is 2.51. The Balaban J connectivity index is 0.000000410. The Morgan fingerprint density at radius 1 is 0.551 bits per heavy atom. The van der Waals surface area contributed by atoms with Crippen LogP contribution in [0.3, 0.4) is 0 Å². The highest BCUT2D eigenvalue weighted by molar-refractivity contribution is 7.67. The summed E-state index contributed by atoms with van der Waals surface area (Å²) in [7, 11) is -33.9. The number of rotatable bonds is 30. The number of nitrogen functional groups attached to an aromatic ring is 2. The van der Waals surface area contributed by atoms with Crippen LogP contribution in [-0.4, -0.2) is 157 Å². The number of aliphatic hydroxyl groups excluding tert-OH is 2. The first-order valence-corrected chi connectivity index (χ1v) is 31.3. The third kappa shape index (κ3) is 24.7. The molecule has 4 heterocycles. The van der Waals surface area contributed by atoms with Gasteiger partial charge in [-0.2, -0.15) is 27.2 Å². The number of phosphoric ester groups is 2. The van der Waals surface area contributed by atoms with E-state index in [1.165, 1.54) is 12.1 Å². The number of aliphatic hydroxyl groups is 2. The molecule has 2 fully saturated rings. The number of alkyl carbamates (subject to hydrolysis) is 2. The van der Waals surface area contributed by atoms with Crippen molar-refractivity contribution in [3.63, 3.8) is 0 Å². The Morgan fingerprint density at radius 3 is 1.35 bits per heavy atom. The SMILES string of the molecule is NCCCCCCNC(=O)OC1C(COP(=O)(O)OP(=O)(O)OP(=O)(O)O)OC(n2ccc(N)nc2=O)C1O.NCCCCCCNC(=O)OC1C(O)C(COP(=O)(O)OP(=O)(O)OP(=O)(O)O)OC1n1ccc(N)nc1=O. The second-order valence-electron chi connectivity index (χ2n) is 16.0. The van der Waals surface area contributed by atoms with Crippen molar-refractivity contribution in [1.29, 1.82) is 0 Å². The summed E-state index contributed by atoms with van der Waals surface area (Å²) < 4.78 is 115. The molecular weight excluding hydrogens is 1190 g/mol. The number of aromatic nitrogens is 4. The van der Waals surface area contributed by atoms with Crippen LogP contribution in [0.2, 0.25) is 0 Å². The van der Waals surface area contributed by atoms with E-state index in [0.717, 1.165) is 60.1 Å². The number of ether oxygens (including phenoxy) is 4. The van der Waals surface area contributed by atoms with Crippen molar-refractivity contribution in [1.82, 2.24) is 29.7 Å². The molecule has 46 heteroatoms. The van der Waals surface area contributed by atoms with Crippen molar-refractivity contribution in [2.75, 3.05) is 50.9 Å². The number of anilines is 2. The largest absolute Gasteiger partial charge is 0.490 e. The van der Waals surface area contributed by atoms with E-state index in [9.17, 15) is 76.4 Å². The smallest absolute Gasteiger partial charge is 0.440 e. The van der Waals surface area contributed by atoms with Crippen molar-refractivity contribution in [3.05, 3.63) is 45.5 Å². The third-order valence-corrected chi connectivity index (χ3v) is 17.4. The van der Waals surface area contributed by atoms with Crippen LogP contribution in [0, 0.1) is 0 Å². The zero-order chi connectivity index (χ0) is 58.9. The molecule has 0 aliphatic carbocycles. The van der Waals surface area contributed by atoms with Crippen LogP contribution in [0.4, 0.5) is 21.2 Å². The van der Waals surface area contributed by atoms with Gasteiger partial charge in [0.15, 0.2) is 24.7 Å². The van der Waals surface area contributed by atoms with E-state index >= 15 is 0 Å². The lowest BCUT2D eigenvalue weighted by Gasteiger charge is -2.22. The summed E-state index contributed by atoms with van der Waals surface area (Å²) in [6.07, 6.45) is -6.80. The fraction of sp³-hybridized carbons (Fsp3) is 0.688. The van der Waals surface area contributed by atoms with E-state index in [-0.39, 0.29) is 24.7 Å². The Morgan fingerprint density at radius 2 is 0.936 bits per heavy atom. The Hall–Kier alpha value is -3.52. The predicted octanol–water partition coefficient (Wildman–Crippen LogP) is -1.92. The van der Waals surface area contributed by atoms with Gasteiger partial charge in [0.25, 0.3) is 0 Å². The van der Waals surface area contributed by atoms with Crippen LogP contribution >= 0.6 is 46.9 Å². The maximum atomic E-state index is 12.3. The molecule has 12 atom stereocenters. The van der Waals surface area contributed by atoms with Crippen LogP contribution in [0.5, 0.6) is 0 Å². The van der Waals surface area contributed by atoms with Crippen molar-refractivity contribution in [2.24, 2.45) is 11.5 Å². The molecule has 0 spiro atoms. The fourth-order valence-electron chi connectivity index (χ4n) is 6.57. The van der Waals surface area contributed by atoms with Crippen LogP contribution in [0.15, 0.2) is 34.1 Å². The minimum Gasteiger partial charge on any atom is -0.440 e. The molecule has 2 saturated heterocycles. The molecule has 0 saturated carbocycles. The van der Waals surface area contributed by atoms with E-state index in [2.05, 4.69) is 46.9 Å². The molecule has 78 heavy (non-hydrogen) atoms. The summed E-state index contributed by atoms with van der Waals surface area (Å²) in [4.78, 5) is 128. The number of unbranched alkanes of at least 4 members (excludes halogenated alkanes) is 6. The molecule has 0 bridgehead atoms. The van der Waals surface area contributed by atoms with Gasteiger partial charge < -0.3 is 102 Å². The molecule has 4 rings (SSSR count). The van der Waals surface area contributed by atoms with Crippen LogP contribution in [0.25, 0.3) is 0 Å². The molecular formula is C32H60N10O30P6. The van der Waals surface area contributed by atoms with Crippen LogP contribution < -0.4 is 44.9 Å². The van der Waals surface area contributed by atoms with Gasteiger partial charge in [0.2, 0.25) is 0 Å². The number of nitrogens with two attached hydrogens (primary N) is 4. The van der Waals surface area contributed by atoms with Gasteiger partial charge in [-0.25, -0.2) is 46.6 Å². The predicted molar refractivity (Wildman–Crippen MR) is 257 cm³/mol. The summed E-state index contributed by atoms with van der Waals surface area (Å²) >= 11 is 0. The Kier molecular flexibility index (Phi) is 26.9. The Labute approximate surface area is 439 Å². The van der Waals surface area contributed by atoms with Gasteiger partial charge in [0, 0.05) is 25.5 Å². The monoisotopic (exact) mass is 1250 g/mol. The summed E-state index contributed by atoms with van der Waals surface area (Å²) in [5, 5.41) is 26.4. The number of phosphoric acid groups is 6. The maximum absolute atomic E-state index is 12.3. The molecule has 2 aromatic rings. The maximum Gasteiger partial charge on any atom is 0.490 e. The quantitative estimate of drug-likeness (QED) is 0.0299. The number of carbonyl (C=O) groups is 2. The molecule has 2 aliphatic heterocycles. The topological polar surface area (TPSA) is 629 Å². The lowest BCUT2D eigenvalue weighted by Crippen LogP contribution is -2.42. The minimum atomic E-state index is -5.80. The first kappa shape index (κ1) is 68.8. The highest BCUT2D eigenvalue weighted by Crippen LogP contribution is 2.67. The van der Waals surface area contributed by atoms with Crippen molar-refractivity contribution < 1.29 is 132 Å². The third-order valence-electron chi connectivity index (χ3n) is 9.80. The number of nitrogens with zero attached hydrogens (tertiary/aromatic N) is 4. The first-order chi connectivity index (χ1) is 36.1. The van der Waals surface area contributed by atoms with Gasteiger partial charge in [-0.15, -0.1) is 0 Å². The summed E-state index contributed by atoms with van der Waals surface area (Å²) in [5.41, 5.74) is 19.8. The molecule has 20 N–H and O–H groups in total. The second-order valence-corrected chi connectivity index (χ2v) is 24.8. The molecule has 0 radical (unpaired) electrons. The number of hydrogen-bond donors (Lipinski definition) is 16. The van der Waals surface area contributed by atoms with Crippen LogP contribution in [-0.2, 0) is 72.6 Å². The molecule has 2 aromatic heterocycles. The Bertz CT molecular complexity index is 2720. The highest BCUT2D eigenvalue weighted by atomic mass is 31.3. The van der Waals surface area contributed by atoms with Gasteiger partial charge >= 0.3 is 70.5 Å². The van der Waals surface area contributed by atoms with Gasteiger partial charge in [-0.3, -0.25) is 18.2 Å². The van der Waals surface area contributed by atoms with E-state index < -0.39 is 133 Å². The first-order valence-electron chi connectivity index (χ1n) is 22.3. The van der Waals surface area contributed by atoms with E-state index in [1.807, 2.05) is 0 Å². The van der Waals surface area contributed by atoms with E-state index in [4.69, 9.17) is 61.5 Å².